The molecular weight excluding hydrogens is 226 g/mol. The predicted octanol–water partition coefficient (Wildman–Crippen LogP) is 4.40. The number of hydrogen-bond donors (Lipinski definition) is 1. The Morgan fingerprint density at radius 2 is 1.88 bits per heavy atom. The first-order chi connectivity index (χ1) is 8.11. The summed E-state index contributed by atoms with van der Waals surface area (Å²) >= 11 is 1.99. The van der Waals surface area contributed by atoms with Crippen LogP contribution < -0.4 is 5.73 Å². The van der Waals surface area contributed by atoms with E-state index in [4.69, 9.17) is 5.73 Å². The molecule has 1 aromatic rings. The summed E-state index contributed by atoms with van der Waals surface area (Å²) in [6.45, 7) is 6.77. The number of rotatable bonds is 8. The average molecular weight is 253 g/mol. The topological polar surface area (TPSA) is 26.0 Å². The van der Waals surface area contributed by atoms with Gasteiger partial charge in [0.25, 0.3) is 0 Å². The quantitative estimate of drug-likeness (QED) is 0.730. The molecule has 0 aliphatic rings. The molecule has 0 spiro atoms. The molecule has 0 saturated carbocycles. The highest BCUT2D eigenvalue weighted by molar-refractivity contribution is 7.11. The van der Waals surface area contributed by atoms with Crippen LogP contribution in [0.15, 0.2) is 12.1 Å². The Morgan fingerprint density at radius 3 is 2.53 bits per heavy atom. The summed E-state index contributed by atoms with van der Waals surface area (Å²) in [5, 5.41) is 0. The lowest BCUT2D eigenvalue weighted by atomic mass is 10.1. The molecule has 98 valence electrons. The SMILES string of the molecule is CCCC(N)CCCc1ccc(CC(C)C)s1. The van der Waals surface area contributed by atoms with Gasteiger partial charge >= 0.3 is 0 Å². The molecule has 17 heavy (non-hydrogen) atoms. The minimum absolute atomic E-state index is 0.412. The molecule has 0 amide bonds. The normalized spacial score (nSPS) is 13.2. The van der Waals surface area contributed by atoms with Crippen LogP contribution in [-0.4, -0.2) is 6.04 Å². The Labute approximate surface area is 110 Å². The van der Waals surface area contributed by atoms with Gasteiger partial charge in [0.1, 0.15) is 0 Å². The van der Waals surface area contributed by atoms with Gasteiger partial charge in [-0.25, -0.2) is 0 Å². The summed E-state index contributed by atoms with van der Waals surface area (Å²) in [6.07, 6.45) is 7.22. The van der Waals surface area contributed by atoms with Gasteiger partial charge in [-0.05, 0) is 50.2 Å². The second kappa shape index (κ2) is 7.88. The Kier molecular flexibility index (Phi) is 6.83. The van der Waals surface area contributed by atoms with Gasteiger partial charge in [-0.2, -0.15) is 0 Å². The van der Waals surface area contributed by atoms with E-state index >= 15 is 0 Å². The Balaban J connectivity index is 2.25. The first kappa shape index (κ1) is 14.7. The highest BCUT2D eigenvalue weighted by Gasteiger charge is 2.04. The Hall–Kier alpha value is -0.340. The summed E-state index contributed by atoms with van der Waals surface area (Å²) in [5.41, 5.74) is 6.02. The molecule has 2 N–H and O–H groups in total. The van der Waals surface area contributed by atoms with Crippen LogP contribution in [0, 0.1) is 5.92 Å². The third-order valence-corrected chi connectivity index (χ3v) is 4.15. The monoisotopic (exact) mass is 253 g/mol. The number of thiophene rings is 1. The lowest BCUT2D eigenvalue weighted by molar-refractivity contribution is 0.540. The fourth-order valence-electron chi connectivity index (χ4n) is 2.12. The minimum Gasteiger partial charge on any atom is -0.328 e. The Morgan fingerprint density at radius 1 is 1.18 bits per heavy atom. The standard InChI is InChI=1S/C15H27NS/c1-4-6-13(16)7-5-8-14-9-10-15(17-14)11-12(2)3/h9-10,12-13H,4-8,11,16H2,1-3H3. The van der Waals surface area contributed by atoms with Gasteiger partial charge in [-0.1, -0.05) is 27.2 Å². The van der Waals surface area contributed by atoms with Crippen LogP contribution in [0.25, 0.3) is 0 Å². The first-order valence-corrected chi connectivity index (χ1v) is 7.76. The van der Waals surface area contributed by atoms with Crippen molar-refractivity contribution in [3.63, 3.8) is 0 Å². The van der Waals surface area contributed by atoms with E-state index in [-0.39, 0.29) is 0 Å². The molecule has 1 nitrogen and oxygen atoms in total. The molecule has 0 aliphatic carbocycles. The highest BCUT2D eigenvalue weighted by atomic mass is 32.1. The van der Waals surface area contributed by atoms with Gasteiger partial charge in [-0.15, -0.1) is 11.3 Å². The van der Waals surface area contributed by atoms with Crippen molar-refractivity contribution >= 4 is 11.3 Å². The molecule has 0 bridgehead atoms. The zero-order chi connectivity index (χ0) is 12.7. The van der Waals surface area contributed by atoms with Crippen molar-refractivity contribution in [1.82, 2.24) is 0 Å². The van der Waals surface area contributed by atoms with Gasteiger partial charge in [0, 0.05) is 15.8 Å². The van der Waals surface area contributed by atoms with Crippen LogP contribution in [-0.2, 0) is 12.8 Å². The van der Waals surface area contributed by atoms with E-state index in [0.717, 1.165) is 5.92 Å². The molecule has 1 unspecified atom stereocenters. The second-order valence-electron chi connectivity index (χ2n) is 5.41. The van der Waals surface area contributed by atoms with Crippen LogP contribution in [0.3, 0.4) is 0 Å². The average Bonchev–Trinajstić information content (AvgIpc) is 2.65. The lowest BCUT2D eigenvalue weighted by Gasteiger charge is -2.08. The summed E-state index contributed by atoms with van der Waals surface area (Å²) in [7, 11) is 0. The van der Waals surface area contributed by atoms with Gasteiger partial charge in [0.05, 0.1) is 0 Å². The number of hydrogen-bond acceptors (Lipinski definition) is 2. The molecule has 2 heteroatoms. The maximum absolute atomic E-state index is 6.02. The summed E-state index contributed by atoms with van der Waals surface area (Å²) in [6, 6.07) is 5.01. The van der Waals surface area contributed by atoms with E-state index < -0.39 is 0 Å². The fraction of sp³-hybridized carbons (Fsp3) is 0.733. The molecule has 1 atom stereocenters. The Bertz CT molecular complexity index is 304. The predicted molar refractivity (Wildman–Crippen MR) is 78.7 cm³/mol. The van der Waals surface area contributed by atoms with Gasteiger partial charge in [0.15, 0.2) is 0 Å². The van der Waals surface area contributed by atoms with E-state index in [9.17, 15) is 0 Å². The van der Waals surface area contributed by atoms with E-state index in [1.807, 2.05) is 11.3 Å². The molecule has 0 fully saturated rings. The molecular formula is C15H27NS. The first-order valence-electron chi connectivity index (χ1n) is 6.95. The van der Waals surface area contributed by atoms with Gasteiger partial charge in [-0.3, -0.25) is 0 Å². The van der Waals surface area contributed by atoms with Gasteiger partial charge < -0.3 is 5.73 Å². The molecule has 0 aliphatic heterocycles. The zero-order valence-corrected chi connectivity index (χ0v) is 12.4. The van der Waals surface area contributed by atoms with E-state index in [1.54, 1.807) is 0 Å². The van der Waals surface area contributed by atoms with Gasteiger partial charge in [0.2, 0.25) is 0 Å². The molecule has 1 heterocycles. The molecule has 0 saturated heterocycles. The van der Waals surface area contributed by atoms with Crippen molar-refractivity contribution in [3.8, 4) is 0 Å². The summed E-state index contributed by atoms with van der Waals surface area (Å²) in [4.78, 5) is 3.07. The van der Waals surface area contributed by atoms with Crippen molar-refractivity contribution < 1.29 is 0 Å². The smallest absolute Gasteiger partial charge is 0.00507 e. The molecule has 0 radical (unpaired) electrons. The summed E-state index contributed by atoms with van der Waals surface area (Å²) in [5.74, 6) is 0.763. The van der Waals surface area contributed by atoms with Crippen molar-refractivity contribution in [1.29, 1.82) is 0 Å². The van der Waals surface area contributed by atoms with Crippen LogP contribution in [0.5, 0.6) is 0 Å². The second-order valence-corrected chi connectivity index (χ2v) is 6.66. The van der Waals surface area contributed by atoms with Crippen LogP contribution in [0.1, 0.15) is 56.2 Å². The number of aryl methyl sites for hydroxylation is 1. The van der Waals surface area contributed by atoms with E-state index in [1.165, 1.54) is 48.3 Å². The van der Waals surface area contributed by atoms with Crippen molar-refractivity contribution in [2.24, 2.45) is 11.7 Å². The van der Waals surface area contributed by atoms with Crippen molar-refractivity contribution in [3.05, 3.63) is 21.9 Å². The largest absolute Gasteiger partial charge is 0.328 e. The maximum atomic E-state index is 6.02. The summed E-state index contributed by atoms with van der Waals surface area (Å²) < 4.78 is 0. The zero-order valence-electron chi connectivity index (χ0n) is 11.5. The van der Waals surface area contributed by atoms with Crippen LogP contribution >= 0.6 is 11.3 Å². The minimum atomic E-state index is 0.412. The maximum Gasteiger partial charge on any atom is 0.00507 e. The van der Waals surface area contributed by atoms with E-state index in [0.29, 0.717) is 6.04 Å². The third kappa shape index (κ3) is 6.23. The lowest BCUT2D eigenvalue weighted by Crippen LogP contribution is -2.19. The highest BCUT2D eigenvalue weighted by Crippen LogP contribution is 2.21. The number of nitrogens with two attached hydrogens (primary N) is 1. The molecule has 0 aromatic carbocycles. The van der Waals surface area contributed by atoms with E-state index in [2.05, 4.69) is 32.9 Å². The fourth-order valence-corrected chi connectivity index (χ4v) is 3.39. The molecule has 1 aromatic heterocycles. The van der Waals surface area contributed by atoms with Crippen LogP contribution in [0.4, 0.5) is 0 Å². The van der Waals surface area contributed by atoms with Crippen molar-refractivity contribution in [2.75, 3.05) is 0 Å². The van der Waals surface area contributed by atoms with Crippen LogP contribution in [0.2, 0.25) is 0 Å². The third-order valence-electron chi connectivity index (χ3n) is 2.98. The van der Waals surface area contributed by atoms with Crippen molar-refractivity contribution in [2.45, 2.75) is 65.3 Å². The molecule has 1 rings (SSSR count).